The first-order chi connectivity index (χ1) is 13.8. The van der Waals surface area contributed by atoms with E-state index in [1.165, 1.54) is 0 Å². The Morgan fingerprint density at radius 2 is 1.32 bits per heavy atom. The van der Waals surface area contributed by atoms with E-state index in [1.54, 1.807) is 0 Å². The van der Waals surface area contributed by atoms with Gasteiger partial charge in [-0.25, -0.2) is 4.98 Å². The van der Waals surface area contributed by atoms with Crippen molar-refractivity contribution in [1.29, 1.82) is 0 Å². The van der Waals surface area contributed by atoms with E-state index in [2.05, 4.69) is 6.07 Å². The highest BCUT2D eigenvalue weighted by Gasteiger charge is 2.21. The Hall–Kier alpha value is -3.66. The van der Waals surface area contributed by atoms with Crippen LogP contribution in [0.15, 0.2) is 89.7 Å². The first-order valence-corrected chi connectivity index (χ1v) is 9.44. The molecule has 3 aromatic carbocycles. The van der Waals surface area contributed by atoms with Crippen LogP contribution in [0.2, 0.25) is 0 Å². The number of aromatic nitrogens is 3. The number of benzene rings is 3. The average Bonchev–Trinajstić information content (AvgIpc) is 3.17. The third-order valence-corrected chi connectivity index (χ3v) is 5.13. The van der Waals surface area contributed by atoms with Crippen molar-refractivity contribution in [2.24, 2.45) is 0 Å². The fraction of sp³-hybridized carbons (Fsp3) is 0.0833. The molecule has 0 radical (unpaired) electrons. The Kier molecular flexibility index (Phi) is 3.83. The molecular formula is C24H19N3O. The van der Waals surface area contributed by atoms with Gasteiger partial charge in [-0.15, -0.1) is 0 Å². The Morgan fingerprint density at radius 1 is 0.750 bits per heavy atom. The number of rotatable bonds is 3. The van der Waals surface area contributed by atoms with E-state index < -0.39 is 0 Å². The van der Waals surface area contributed by atoms with E-state index in [9.17, 15) is 4.79 Å². The van der Waals surface area contributed by atoms with Crippen LogP contribution in [0.4, 0.5) is 0 Å². The summed E-state index contributed by atoms with van der Waals surface area (Å²) < 4.78 is 3.84. The maximum atomic E-state index is 13.5. The van der Waals surface area contributed by atoms with Crippen LogP contribution in [0.5, 0.6) is 0 Å². The van der Waals surface area contributed by atoms with Crippen molar-refractivity contribution in [3.63, 3.8) is 0 Å². The monoisotopic (exact) mass is 365 g/mol. The van der Waals surface area contributed by atoms with Gasteiger partial charge in [0.25, 0.3) is 5.56 Å². The van der Waals surface area contributed by atoms with Crippen molar-refractivity contribution in [3.05, 3.63) is 95.3 Å². The minimum absolute atomic E-state index is 0.0188. The summed E-state index contributed by atoms with van der Waals surface area (Å²) in [4.78, 5) is 18.5. The Morgan fingerprint density at radius 3 is 1.96 bits per heavy atom. The lowest BCUT2D eigenvalue weighted by molar-refractivity contribution is 0.759. The molecule has 2 aromatic heterocycles. The maximum Gasteiger partial charge on any atom is 0.277 e. The van der Waals surface area contributed by atoms with Crippen LogP contribution < -0.4 is 5.56 Å². The SMILES string of the molecule is CCn1c(=O)c2c(-c3ccccc3)nc(-c3ccccc3)n2c2ccccc21. The van der Waals surface area contributed by atoms with Gasteiger partial charge in [0.05, 0.1) is 11.0 Å². The lowest BCUT2D eigenvalue weighted by Crippen LogP contribution is -2.22. The smallest absolute Gasteiger partial charge is 0.277 e. The summed E-state index contributed by atoms with van der Waals surface area (Å²) in [5, 5.41) is 0. The standard InChI is InChI=1S/C24H19N3O/c1-2-26-19-15-9-10-16-20(19)27-22(24(26)28)21(17-11-5-3-6-12-17)25-23(27)18-13-7-4-8-14-18/h3-16H,2H2,1H3. The molecule has 136 valence electrons. The van der Waals surface area contributed by atoms with Gasteiger partial charge in [-0.1, -0.05) is 72.8 Å². The molecule has 0 spiro atoms. The van der Waals surface area contributed by atoms with Gasteiger partial charge >= 0.3 is 0 Å². The number of para-hydroxylation sites is 2. The van der Waals surface area contributed by atoms with Gasteiger partial charge in [0.2, 0.25) is 0 Å². The lowest BCUT2D eigenvalue weighted by atomic mass is 10.1. The molecule has 28 heavy (non-hydrogen) atoms. The molecule has 0 saturated heterocycles. The van der Waals surface area contributed by atoms with E-state index in [-0.39, 0.29) is 5.56 Å². The zero-order valence-electron chi connectivity index (χ0n) is 15.5. The van der Waals surface area contributed by atoms with Crippen molar-refractivity contribution >= 4 is 16.6 Å². The molecule has 0 aliphatic heterocycles. The Balaban J connectivity index is 2.03. The fourth-order valence-electron chi connectivity index (χ4n) is 3.86. The summed E-state index contributed by atoms with van der Waals surface area (Å²) in [5.41, 5.74) is 5.14. The summed E-state index contributed by atoms with van der Waals surface area (Å²) >= 11 is 0. The van der Waals surface area contributed by atoms with Crippen LogP contribution in [0, 0.1) is 0 Å². The predicted octanol–water partition coefficient (Wildman–Crippen LogP) is 5.00. The molecular weight excluding hydrogens is 346 g/mol. The summed E-state index contributed by atoms with van der Waals surface area (Å²) in [6.07, 6.45) is 0. The number of aryl methyl sites for hydroxylation is 1. The maximum absolute atomic E-state index is 13.5. The van der Waals surface area contributed by atoms with E-state index in [0.29, 0.717) is 12.1 Å². The highest BCUT2D eigenvalue weighted by Crippen LogP contribution is 2.30. The summed E-state index contributed by atoms with van der Waals surface area (Å²) in [5.74, 6) is 0.783. The number of hydrogen-bond donors (Lipinski definition) is 0. The molecule has 0 aliphatic rings. The van der Waals surface area contributed by atoms with Crippen LogP contribution in [0.25, 0.3) is 39.2 Å². The van der Waals surface area contributed by atoms with E-state index in [0.717, 1.165) is 33.7 Å². The van der Waals surface area contributed by atoms with E-state index in [1.807, 2.05) is 94.8 Å². The van der Waals surface area contributed by atoms with Crippen LogP contribution in [-0.4, -0.2) is 14.0 Å². The van der Waals surface area contributed by atoms with E-state index >= 15 is 0 Å². The molecule has 0 unspecified atom stereocenters. The molecule has 0 amide bonds. The molecule has 2 heterocycles. The molecule has 0 N–H and O–H groups in total. The Bertz CT molecular complexity index is 1350. The van der Waals surface area contributed by atoms with Crippen LogP contribution in [0.3, 0.4) is 0 Å². The number of nitrogens with zero attached hydrogens (tertiary/aromatic N) is 3. The van der Waals surface area contributed by atoms with Crippen molar-refractivity contribution in [2.45, 2.75) is 13.5 Å². The topological polar surface area (TPSA) is 39.3 Å². The fourth-order valence-corrected chi connectivity index (χ4v) is 3.86. The second-order valence-electron chi connectivity index (χ2n) is 6.74. The third-order valence-electron chi connectivity index (χ3n) is 5.13. The summed E-state index contributed by atoms with van der Waals surface area (Å²) in [6, 6.07) is 28.0. The van der Waals surface area contributed by atoms with Crippen molar-refractivity contribution in [3.8, 4) is 22.6 Å². The zero-order chi connectivity index (χ0) is 19.1. The van der Waals surface area contributed by atoms with Gasteiger partial charge in [0.1, 0.15) is 17.0 Å². The highest BCUT2D eigenvalue weighted by atomic mass is 16.1. The zero-order valence-corrected chi connectivity index (χ0v) is 15.5. The van der Waals surface area contributed by atoms with Crippen LogP contribution in [-0.2, 0) is 6.54 Å². The van der Waals surface area contributed by atoms with Gasteiger partial charge in [-0.05, 0) is 19.1 Å². The van der Waals surface area contributed by atoms with Crippen molar-refractivity contribution in [1.82, 2.24) is 14.0 Å². The average molecular weight is 365 g/mol. The van der Waals surface area contributed by atoms with Gasteiger partial charge in [-0.3, -0.25) is 9.20 Å². The molecule has 0 aliphatic carbocycles. The van der Waals surface area contributed by atoms with Gasteiger partial charge in [0.15, 0.2) is 0 Å². The number of fused-ring (bicyclic) bond motifs is 3. The van der Waals surface area contributed by atoms with E-state index in [4.69, 9.17) is 4.98 Å². The normalized spacial score (nSPS) is 11.3. The number of hydrogen-bond acceptors (Lipinski definition) is 2. The molecule has 4 heteroatoms. The summed E-state index contributed by atoms with van der Waals surface area (Å²) in [6.45, 7) is 2.61. The predicted molar refractivity (Wildman–Crippen MR) is 114 cm³/mol. The molecule has 0 bridgehead atoms. The van der Waals surface area contributed by atoms with Gasteiger partial charge in [-0.2, -0.15) is 0 Å². The van der Waals surface area contributed by atoms with Crippen LogP contribution in [0.1, 0.15) is 6.92 Å². The minimum atomic E-state index is -0.0188. The molecule has 5 rings (SSSR count). The quantitative estimate of drug-likeness (QED) is 0.451. The molecule has 0 saturated carbocycles. The summed E-state index contributed by atoms with van der Waals surface area (Å²) in [7, 11) is 0. The first-order valence-electron chi connectivity index (χ1n) is 9.44. The van der Waals surface area contributed by atoms with Gasteiger partial charge < -0.3 is 4.57 Å². The van der Waals surface area contributed by atoms with Crippen LogP contribution >= 0.6 is 0 Å². The highest BCUT2D eigenvalue weighted by molar-refractivity contribution is 5.88. The second-order valence-corrected chi connectivity index (χ2v) is 6.74. The second kappa shape index (κ2) is 6.50. The molecule has 0 atom stereocenters. The molecule has 5 aromatic rings. The largest absolute Gasteiger partial charge is 0.305 e. The minimum Gasteiger partial charge on any atom is -0.305 e. The third kappa shape index (κ3) is 2.38. The Labute approximate surface area is 162 Å². The lowest BCUT2D eigenvalue weighted by Gasteiger charge is -2.12. The van der Waals surface area contributed by atoms with Crippen molar-refractivity contribution in [2.75, 3.05) is 0 Å². The number of imidazole rings is 1. The molecule has 0 fully saturated rings. The van der Waals surface area contributed by atoms with Crippen molar-refractivity contribution < 1.29 is 0 Å². The van der Waals surface area contributed by atoms with Gasteiger partial charge in [0, 0.05) is 17.7 Å². The first kappa shape index (κ1) is 16.5. The molecule has 4 nitrogen and oxygen atoms in total.